The Bertz CT molecular complexity index is 416. The quantitative estimate of drug-likeness (QED) is 0.777. The fourth-order valence-corrected chi connectivity index (χ4v) is 2.99. The van der Waals surface area contributed by atoms with Crippen LogP contribution in [-0.4, -0.2) is 19.7 Å². The summed E-state index contributed by atoms with van der Waals surface area (Å²) < 4.78 is 5.87. The van der Waals surface area contributed by atoms with E-state index < -0.39 is 0 Å². The van der Waals surface area contributed by atoms with Gasteiger partial charge in [-0.15, -0.1) is 0 Å². The third-order valence-corrected chi connectivity index (χ3v) is 4.41. The molecule has 2 heteroatoms. The van der Waals surface area contributed by atoms with Crippen LogP contribution >= 0.6 is 0 Å². The van der Waals surface area contributed by atoms with Crippen molar-refractivity contribution in [2.45, 2.75) is 58.3 Å². The zero-order valence-corrected chi connectivity index (χ0v) is 14.0. The smallest absolute Gasteiger partial charge is 0.119 e. The summed E-state index contributed by atoms with van der Waals surface area (Å²) in [7, 11) is 0. The number of benzene rings is 1. The molecule has 1 saturated carbocycles. The highest BCUT2D eigenvalue weighted by atomic mass is 16.5. The second kappa shape index (κ2) is 7.84. The van der Waals surface area contributed by atoms with Gasteiger partial charge in [0.25, 0.3) is 0 Å². The van der Waals surface area contributed by atoms with E-state index in [1.165, 1.54) is 37.7 Å². The average molecular weight is 289 g/mol. The van der Waals surface area contributed by atoms with Crippen LogP contribution in [0.2, 0.25) is 0 Å². The maximum absolute atomic E-state index is 5.87. The molecule has 2 nitrogen and oxygen atoms in total. The summed E-state index contributed by atoms with van der Waals surface area (Å²) in [6.07, 6.45) is 7.08. The highest BCUT2D eigenvalue weighted by Gasteiger charge is 2.14. The minimum Gasteiger partial charge on any atom is -0.492 e. The van der Waals surface area contributed by atoms with E-state index in [0.717, 1.165) is 31.4 Å². The van der Waals surface area contributed by atoms with Crippen LogP contribution < -0.4 is 10.1 Å². The normalized spacial score (nSPS) is 16.9. The SMILES string of the molecule is CC(C)(C)c1cccc(OCCNCC2CCCCC2)c1. The lowest BCUT2D eigenvalue weighted by Gasteiger charge is -2.22. The fraction of sp³-hybridized carbons (Fsp3) is 0.684. The standard InChI is InChI=1S/C19H31NO/c1-19(2,3)17-10-7-11-18(14-17)21-13-12-20-15-16-8-5-4-6-9-16/h7,10-11,14,16,20H,4-6,8-9,12-13,15H2,1-3H3. The molecule has 1 fully saturated rings. The Kier molecular flexibility index (Phi) is 6.10. The van der Waals surface area contributed by atoms with E-state index in [1.54, 1.807) is 0 Å². The fourth-order valence-electron chi connectivity index (χ4n) is 2.99. The molecular formula is C19H31NO. The number of hydrogen-bond donors (Lipinski definition) is 1. The van der Waals surface area contributed by atoms with Gasteiger partial charge in [-0.05, 0) is 48.4 Å². The first-order valence-corrected chi connectivity index (χ1v) is 8.50. The van der Waals surface area contributed by atoms with Gasteiger partial charge in [0.1, 0.15) is 12.4 Å². The maximum Gasteiger partial charge on any atom is 0.119 e. The van der Waals surface area contributed by atoms with E-state index >= 15 is 0 Å². The molecule has 0 radical (unpaired) electrons. The van der Waals surface area contributed by atoms with Crippen molar-refractivity contribution in [3.8, 4) is 5.75 Å². The average Bonchev–Trinajstić information content (AvgIpc) is 2.47. The van der Waals surface area contributed by atoms with E-state index in [1.807, 2.05) is 0 Å². The molecule has 1 N–H and O–H groups in total. The second-order valence-corrected chi connectivity index (χ2v) is 7.33. The lowest BCUT2D eigenvalue weighted by Crippen LogP contribution is -2.28. The van der Waals surface area contributed by atoms with Gasteiger partial charge in [-0.25, -0.2) is 0 Å². The molecule has 0 heterocycles. The van der Waals surface area contributed by atoms with Crippen LogP contribution in [0.15, 0.2) is 24.3 Å². The zero-order chi connectivity index (χ0) is 15.1. The Balaban J connectivity index is 1.66. The summed E-state index contributed by atoms with van der Waals surface area (Å²) in [4.78, 5) is 0. The van der Waals surface area contributed by atoms with Gasteiger partial charge >= 0.3 is 0 Å². The predicted molar refractivity (Wildman–Crippen MR) is 90.1 cm³/mol. The summed E-state index contributed by atoms with van der Waals surface area (Å²) in [5.41, 5.74) is 1.51. The van der Waals surface area contributed by atoms with Crippen LogP contribution in [0.4, 0.5) is 0 Å². The van der Waals surface area contributed by atoms with Crippen LogP contribution in [0.1, 0.15) is 58.4 Å². The van der Waals surface area contributed by atoms with Crippen molar-refractivity contribution in [2.24, 2.45) is 5.92 Å². The van der Waals surface area contributed by atoms with Crippen molar-refractivity contribution < 1.29 is 4.74 Å². The van der Waals surface area contributed by atoms with Crippen LogP contribution in [0.5, 0.6) is 5.75 Å². The van der Waals surface area contributed by atoms with Crippen LogP contribution in [0.25, 0.3) is 0 Å². The van der Waals surface area contributed by atoms with E-state index in [2.05, 4.69) is 50.4 Å². The molecule has 1 aromatic carbocycles. The Morgan fingerprint density at radius 2 is 1.90 bits per heavy atom. The predicted octanol–water partition coefficient (Wildman–Crippen LogP) is 4.53. The zero-order valence-electron chi connectivity index (χ0n) is 14.0. The first-order valence-electron chi connectivity index (χ1n) is 8.50. The van der Waals surface area contributed by atoms with Crippen molar-refractivity contribution in [1.82, 2.24) is 5.32 Å². The number of nitrogens with one attached hydrogen (secondary N) is 1. The molecule has 1 aliphatic carbocycles. The van der Waals surface area contributed by atoms with Crippen molar-refractivity contribution in [3.63, 3.8) is 0 Å². The molecule has 0 saturated heterocycles. The van der Waals surface area contributed by atoms with Crippen LogP contribution in [-0.2, 0) is 5.41 Å². The molecule has 0 bridgehead atoms. The van der Waals surface area contributed by atoms with E-state index in [4.69, 9.17) is 4.74 Å². The minimum atomic E-state index is 0.179. The van der Waals surface area contributed by atoms with Crippen molar-refractivity contribution in [1.29, 1.82) is 0 Å². The Labute approximate surface area is 130 Å². The second-order valence-electron chi connectivity index (χ2n) is 7.33. The molecule has 1 aliphatic rings. The van der Waals surface area contributed by atoms with Crippen molar-refractivity contribution in [3.05, 3.63) is 29.8 Å². The molecule has 2 rings (SSSR count). The first kappa shape index (κ1) is 16.4. The molecule has 0 spiro atoms. The monoisotopic (exact) mass is 289 g/mol. The van der Waals surface area contributed by atoms with Gasteiger partial charge in [0.2, 0.25) is 0 Å². The molecule has 21 heavy (non-hydrogen) atoms. The molecule has 0 aliphatic heterocycles. The highest BCUT2D eigenvalue weighted by molar-refractivity contribution is 5.32. The Morgan fingerprint density at radius 1 is 1.14 bits per heavy atom. The number of ether oxygens (including phenoxy) is 1. The van der Waals surface area contributed by atoms with Crippen molar-refractivity contribution >= 4 is 0 Å². The number of rotatable bonds is 6. The maximum atomic E-state index is 5.87. The van der Waals surface area contributed by atoms with Gasteiger partial charge < -0.3 is 10.1 Å². The molecule has 118 valence electrons. The molecule has 0 amide bonds. The lowest BCUT2D eigenvalue weighted by atomic mass is 9.87. The minimum absolute atomic E-state index is 0.179. The van der Waals surface area contributed by atoms with Gasteiger partial charge in [-0.2, -0.15) is 0 Å². The molecule has 1 aromatic rings. The van der Waals surface area contributed by atoms with Crippen molar-refractivity contribution in [2.75, 3.05) is 19.7 Å². The van der Waals surface area contributed by atoms with Gasteiger partial charge in [-0.3, -0.25) is 0 Å². The summed E-state index contributed by atoms with van der Waals surface area (Å²) in [6.45, 7) is 9.55. The molecular weight excluding hydrogens is 258 g/mol. The van der Waals surface area contributed by atoms with Gasteiger partial charge in [0, 0.05) is 6.54 Å². The Hall–Kier alpha value is -1.02. The molecule has 0 aromatic heterocycles. The Morgan fingerprint density at radius 3 is 2.62 bits per heavy atom. The van der Waals surface area contributed by atoms with Gasteiger partial charge in [0.15, 0.2) is 0 Å². The van der Waals surface area contributed by atoms with Gasteiger partial charge in [-0.1, -0.05) is 52.2 Å². The summed E-state index contributed by atoms with van der Waals surface area (Å²) >= 11 is 0. The van der Waals surface area contributed by atoms with Crippen LogP contribution in [0, 0.1) is 5.92 Å². The molecule has 0 atom stereocenters. The first-order chi connectivity index (χ1) is 10.1. The largest absolute Gasteiger partial charge is 0.492 e. The summed E-state index contributed by atoms with van der Waals surface area (Å²) in [5.74, 6) is 1.88. The van der Waals surface area contributed by atoms with E-state index in [9.17, 15) is 0 Å². The van der Waals surface area contributed by atoms with Crippen LogP contribution in [0.3, 0.4) is 0 Å². The topological polar surface area (TPSA) is 21.3 Å². The third-order valence-electron chi connectivity index (χ3n) is 4.41. The summed E-state index contributed by atoms with van der Waals surface area (Å²) in [5, 5.41) is 3.55. The van der Waals surface area contributed by atoms with E-state index in [0.29, 0.717) is 0 Å². The van der Waals surface area contributed by atoms with Gasteiger partial charge in [0.05, 0.1) is 0 Å². The third kappa shape index (κ3) is 5.70. The summed E-state index contributed by atoms with van der Waals surface area (Å²) in [6, 6.07) is 8.48. The highest BCUT2D eigenvalue weighted by Crippen LogP contribution is 2.25. The molecule has 0 unspecified atom stereocenters. The van der Waals surface area contributed by atoms with E-state index in [-0.39, 0.29) is 5.41 Å². The lowest BCUT2D eigenvalue weighted by molar-refractivity contribution is 0.294. The number of hydrogen-bond acceptors (Lipinski definition) is 2.